The van der Waals surface area contributed by atoms with Gasteiger partial charge in [-0.3, -0.25) is 0 Å². The molecule has 3 rings (SSSR count). The number of benzene rings is 2. The van der Waals surface area contributed by atoms with Crippen molar-refractivity contribution in [3.8, 4) is 0 Å². The third-order valence-corrected chi connectivity index (χ3v) is 4.84. The normalized spacial score (nSPS) is 12.7. The Labute approximate surface area is 129 Å². The summed E-state index contributed by atoms with van der Waals surface area (Å²) >= 11 is 1.77. The van der Waals surface area contributed by atoms with Gasteiger partial charge in [0.15, 0.2) is 0 Å². The molecule has 0 saturated carbocycles. The van der Waals surface area contributed by atoms with Crippen molar-refractivity contribution in [2.24, 2.45) is 0 Å². The van der Waals surface area contributed by atoms with E-state index in [4.69, 9.17) is 0 Å². The first kappa shape index (κ1) is 14.2. The average molecular weight is 296 g/mol. The van der Waals surface area contributed by atoms with Crippen LogP contribution in [0.4, 0.5) is 0 Å². The smallest absolute Gasteiger partial charge is 0.108 e. The maximum atomic E-state index is 4.67. The minimum Gasteiger partial charge on any atom is -0.304 e. The van der Waals surface area contributed by atoms with E-state index in [1.54, 1.807) is 11.3 Å². The molecule has 1 N–H and O–H groups in total. The number of fused-ring (bicyclic) bond motifs is 1. The Morgan fingerprint density at radius 3 is 2.76 bits per heavy atom. The second-order valence-corrected chi connectivity index (χ2v) is 6.65. The SMILES string of the molecule is Cc1ccc(C)c(C(C)NCc2nc3ccccc3s2)c1. The maximum absolute atomic E-state index is 4.67. The Kier molecular flexibility index (Phi) is 4.04. The van der Waals surface area contributed by atoms with E-state index in [0.717, 1.165) is 17.1 Å². The molecule has 21 heavy (non-hydrogen) atoms. The first-order valence-corrected chi connectivity index (χ1v) is 8.10. The van der Waals surface area contributed by atoms with E-state index in [9.17, 15) is 0 Å². The van der Waals surface area contributed by atoms with Crippen molar-refractivity contribution in [2.75, 3.05) is 0 Å². The Hall–Kier alpha value is -1.71. The lowest BCUT2D eigenvalue weighted by atomic mass is 10.00. The van der Waals surface area contributed by atoms with Crippen molar-refractivity contribution in [3.05, 3.63) is 64.2 Å². The molecule has 108 valence electrons. The highest BCUT2D eigenvalue weighted by molar-refractivity contribution is 7.18. The highest BCUT2D eigenvalue weighted by Gasteiger charge is 2.10. The van der Waals surface area contributed by atoms with Crippen molar-refractivity contribution >= 4 is 21.6 Å². The third-order valence-electron chi connectivity index (χ3n) is 3.80. The summed E-state index contributed by atoms with van der Waals surface area (Å²) in [6, 6.07) is 15.3. The summed E-state index contributed by atoms with van der Waals surface area (Å²) in [7, 11) is 0. The van der Waals surface area contributed by atoms with Gasteiger partial charge in [-0.05, 0) is 44.0 Å². The Balaban J connectivity index is 1.73. The molecule has 0 aliphatic rings. The van der Waals surface area contributed by atoms with Crippen LogP contribution in [0, 0.1) is 13.8 Å². The molecule has 0 spiro atoms. The van der Waals surface area contributed by atoms with Crippen LogP contribution < -0.4 is 5.32 Å². The van der Waals surface area contributed by atoms with E-state index in [1.807, 2.05) is 6.07 Å². The zero-order valence-corrected chi connectivity index (χ0v) is 13.5. The quantitative estimate of drug-likeness (QED) is 0.750. The molecular weight excluding hydrogens is 276 g/mol. The molecule has 0 bridgehead atoms. The molecule has 0 amide bonds. The summed E-state index contributed by atoms with van der Waals surface area (Å²) in [5.41, 5.74) is 5.11. The first-order valence-electron chi connectivity index (χ1n) is 7.28. The van der Waals surface area contributed by atoms with Gasteiger partial charge in [0.05, 0.1) is 10.2 Å². The number of rotatable bonds is 4. The lowest BCUT2D eigenvalue weighted by Crippen LogP contribution is -2.18. The fraction of sp³-hybridized carbons (Fsp3) is 0.278. The fourth-order valence-electron chi connectivity index (χ4n) is 2.57. The zero-order valence-electron chi connectivity index (χ0n) is 12.7. The van der Waals surface area contributed by atoms with Crippen LogP contribution in [0.3, 0.4) is 0 Å². The number of hydrogen-bond acceptors (Lipinski definition) is 3. The summed E-state index contributed by atoms with van der Waals surface area (Å²) in [6.07, 6.45) is 0. The molecule has 0 aliphatic carbocycles. The second kappa shape index (κ2) is 5.96. The van der Waals surface area contributed by atoms with E-state index in [-0.39, 0.29) is 0 Å². The summed E-state index contributed by atoms with van der Waals surface area (Å²) < 4.78 is 1.26. The molecule has 0 aliphatic heterocycles. The Morgan fingerprint density at radius 1 is 1.14 bits per heavy atom. The number of nitrogens with zero attached hydrogens (tertiary/aromatic N) is 1. The van der Waals surface area contributed by atoms with Crippen LogP contribution in [0.5, 0.6) is 0 Å². The number of para-hydroxylation sites is 1. The number of aromatic nitrogens is 1. The number of hydrogen-bond donors (Lipinski definition) is 1. The molecule has 1 heterocycles. The Bertz CT molecular complexity index is 728. The van der Waals surface area contributed by atoms with E-state index >= 15 is 0 Å². The maximum Gasteiger partial charge on any atom is 0.108 e. The van der Waals surface area contributed by atoms with Crippen LogP contribution in [0.2, 0.25) is 0 Å². The van der Waals surface area contributed by atoms with Crippen LogP contribution in [-0.2, 0) is 6.54 Å². The number of aryl methyl sites for hydroxylation is 2. The highest BCUT2D eigenvalue weighted by atomic mass is 32.1. The van der Waals surface area contributed by atoms with E-state index < -0.39 is 0 Å². The lowest BCUT2D eigenvalue weighted by molar-refractivity contribution is 0.571. The van der Waals surface area contributed by atoms with Crippen LogP contribution in [-0.4, -0.2) is 4.98 Å². The van der Waals surface area contributed by atoms with Gasteiger partial charge in [0.1, 0.15) is 5.01 Å². The van der Waals surface area contributed by atoms with Gasteiger partial charge in [0.25, 0.3) is 0 Å². The van der Waals surface area contributed by atoms with Crippen molar-refractivity contribution < 1.29 is 0 Å². The van der Waals surface area contributed by atoms with Gasteiger partial charge < -0.3 is 5.32 Å². The van der Waals surface area contributed by atoms with Crippen molar-refractivity contribution in [3.63, 3.8) is 0 Å². The van der Waals surface area contributed by atoms with Gasteiger partial charge in [-0.15, -0.1) is 11.3 Å². The van der Waals surface area contributed by atoms with Gasteiger partial charge in [-0.25, -0.2) is 4.98 Å². The molecule has 3 aromatic rings. The topological polar surface area (TPSA) is 24.9 Å². The van der Waals surface area contributed by atoms with E-state index in [2.05, 4.69) is 67.5 Å². The number of thiazole rings is 1. The molecule has 2 nitrogen and oxygen atoms in total. The van der Waals surface area contributed by atoms with Gasteiger partial charge in [0, 0.05) is 12.6 Å². The monoisotopic (exact) mass is 296 g/mol. The largest absolute Gasteiger partial charge is 0.304 e. The molecule has 0 fully saturated rings. The molecule has 3 heteroatoms. The van der Waals surface area contributed by atoms with Gasteiger partial charge in [-0.1, -0.05) is 35.9 Å². The zero-order chi connectivity index (χ0) is 14.8. The fourth-order valence-corrected chi connectivity index (χ4v) is 3.49. The van der Waals surface area contributed by atoms with Crippen LogP contribution in [0.1, 0.15) is 34.7 Å². The average Bonchev–Trinajstić information content (AvgIpc) is 2.90. The van der Waals surface area contributed by atoms with E-state index in [1.165, 1.54) is 21.4 Å². The van der Waals surface area contributed by atoms with Crippen LogP contribution in [0.25, 0.3) is 10.2 Å². The minimum absolute atomic E-state index is 0.330. The lowest BCUT2D eigenvalue weighted by Gasteiger charge is -2.16. The highest BCUT2D eigenvalue weighted by Crippen LogP contribution is 2.23. The second-order valence-electron chi connectivity index (χ2n) is 5.54. The molecule has 0 saturated heterocycles. The van der Waals surface area contributed by atoms with Crippen molar-refractivity contribution in [1.29, 1.82) is 0 Å². The molecule has 1 aromatic heterocycles. The molecular formula is C18H20N2S. The molecule has 2 aromatic carbocycles. The van der Waals surface area contributed by atoms with Crippen molar-refractivity contribution in [2.45, 2.75) is 33.4 Å². The summed E-state index contributed by atoms with van der Waals surface area (Å²) in [6.45, 7) is 7.34. The Morgan fingerprint density at radius 2 is 1.95 bits per heavy atom. The summed E-state index contributed by atoms with van der Waals surface area (Å²) in [4.78, 5) is 4.67. The summed E-state index contributed by atoms with van der Waals surface area (Å²) in [5.74, 6) is 0. The first-order chi connectivity index (χ1) is 10.1. The molecule has 1 atom stereocenters. The third kappa shape index (κ3) is 3.14. The van der Waals surface area contributed by atoms with Crippen LogP contribution in [0.15, 0.2) is 42.5 Å². The predicted molar refractivity (Wildman–Crippen MR) is 90.8 cm³/mol. The summed E-state index contributed by atoms with van der Waals surface area (Å²) in [5, 5.41) is 4.74. The van der Waals surface area contributed by atoms with Crippen LogP contribution >= 0.6 is 11.3 Å². The standard InChI is InChI=1S/C18H20N2S/c1-12-8-9-13(2)15(10-12)14(3)19-11-18-20-16-6-4-5-7-17(16)21-18/h4-10,14,19H,11H2,1-3H3. The number of nitrogens with one attached hydrogen (secondary N) is 1. The van der Waals surface area contributed by atoms with Gasteiger partial charge in [0.2, 0.25) is 0 Å². The minimum atomic E-state index is 0.330. The molecule has 0 radical (unpaired) electrons. The van der Waals surface area contributed by atoms with Crippen molar-refractivity contribution in [1.82, 2.24) is 10.3 Å². The van der Waals surface area contributed by atoms with Gasteiger partial charge in [-0.2, -0.15) is 0 Å². The molecule has 1 unspecified atom stereocenters. The van der Waals surface area contributed by atoms with Gasteiger partial charge >= 0.3 is 0 Å². The van der Waals surface area contributed by atoms with E-state index in [0.29, 0.717) is 6.04 Å². The predicted octanol–water partition coefficient (Wildman–Crippen LogP) is 4.76.